The maximum Gasteiger partial charge on any atom is 0.326 e. The van der Waals surface area contributed by atoms with E-state index in [4.69, 9.17) is 21.1 Å². The highest BCUT2D eigenvalue weighted by Gasteiger charge is 2.31. The van der Waals surface area contributed by atoms with Crippen molar-refractivity contribution in [2.75, 3.05) is 6.61 Å². The normalized spacial score (nSPS) is 14.1. The Labute approximate surface area is 215 Å². The Kier molecular flexibility index (Phi) is 10.7. The van der Waals surface area contributed by atoms with Crippen LogP contribution in [0.4, 0.5) is 0 Å². The molecular formula is C23H29N5O10. The number of aromatic amines is 1. The first-order chi connectivity index (χ1) is 17.9. The van der Waals surface area contributed by atoms with Crippen molar-refractivity contribution >= 4 is 46.5 Å². The van der Waals surface area contributed by atoms with E-state index >= 15 is 0 Å². The predicted octanol–water partition coefficient (Wildman–Crippen LogP) is -2.09. The van der Waals surface area contributed by atoms with E-state index in [0.717, 1.165) is 16.5 Å². The van der Waals surface area contributed by atoms with E-state index in [1.807, 2.05) is 29.6 Å². The fraction of sp³-hybridized carbons (Fsp3) is 0.391. The van der Waals surface area contributed by atoms with Gasteiger partial charge in [0, 0.05) is 23.5 Å². The number of para-hydroxylation sites is 1. The summed E-state index contributed by atoms with van der Waals surface area (Å²) in [6.45, 7) is -0.901. The maximum atomic E-state index is 12.7. The first kappa shape index (κ1) is 29.7. The van der Waals surface area contributed by atoms with E-state index in [1.165, 1.54) is 0 Å². The molecule has 4 atom stereocenters. The average Bonchev–Trinajstić information content (AvgIpc) is 3.26. The molecule has 15 nitrogen and oxygen atoms in total. The zero-order valence-corrected chi connectivity index (χ0v) is 20.0. The van der Waals surface area contributed by atoms with Crippen LogP contribution < -0.4 is 21.7 Å². The molecule has 0 aliphatic rings. The van der Waals surface area contributed by atoms with E-state index in [-0.39, 0.29) is 6.42 Å². The Morgan fingerprint density at radius 3 is 2.05 bits per heavy atom. The molecule has 38 heavy (non-hydrogen) atoms. The first-order valence-corrected chi connectivity index (χ1v) is 11.4. The van der Waals surface area contributed by atoms with Gasteiger partial charge in [-0.15, -0.1) is 0 Å². The number of rotatable bonds is 15. The molecule has 1 aromatic heterocycles. The fourth-order valence-corrected chi connectivity index (χ4v) is 3.56. The lowest BCUT2D eigenvalue weighted by Crippen LogP contribution is -2.58. The van der Waals surface area contributed by atoms with Gasteiger partial charge in [0.1, 0.15) is 18.1 Å². The predicted molar refractivity (Wildman–Crippen MR) is 130 cm³/mol. The third-order valence-electron chi connectivity index (χ3n) is 5.54. The van der Waals surface area contributed by atoms with Gasteiger partial charge in [-0.3, -0.25) is 24.0 Å². The van der Waals surface area contributed by atoms with Crippen molar-refractivity contribution in [3.05, 3.63) is 36.0 Å². The van der Waals surface area contributed by atoms with E-state index in [9.17, 15) is 33.9 Å². The number of aliphatic hydroxyl groups is 1. The summed E-state index contributed by atoms with van der Waals surface area (Å²) < 4.78 is 0. The van der Waals surface area contributed by atoms with Gasteiger partial charge in [0.15, 0.2) is 0 Å². The second kappa shape index (κ2) is 13.7. The molecule has 10 N–H and O–H groups in total. The van der Waals surface area contributed by atoms with Crippen LogP contribution >= 0.6 is 0 Å². The molecule has 2 aromatic rings. The highest BCUT2D eigenvalue weighted by atomic mass is 16.4. The maximum absolute atomic E-state index is 12.7. The molecule has 206 valence electrons. The molecule has 1 heterocycles. The Balaban J connectivity index is 2.07. The van der Waals surface area contributed by atoms with Crippen molar-refractivity contribution < 1.29 is 49.2 Å². The summed E-state index contributed by atoms with van der Waals surface area (Å²) in [5.41, 5.74) is 7.56. The van der Waals surface area contributed by atoms with Crippen LogP contribution in [0.3, 0.4) is 0 Å². The summed E-state index contributed by atoms with van der Waals surface area (Å²) in [7, 11) is 0. The number of nitrogens with one attached hydrogen (secondary N) is 4. The van der Waals surface area contributed by atoms with Gasteiger partial charge in [0.05, 0.1) is 19.1 Å². The Hall–Kier alpha value is -4.50. The number of hydrogen-bond donors (Lipinski definition) is 9. The third kappa shape index (κ3) is 8.56. The Bertz CT molecular complexity index is 1200. The number of nitrogens with two attached hydrogens (primary N) is 1. The summed E-state index contributed by atoms with van der Waals surface area (Å²) in [5.74, 6) is -7.52. The molecular weight excluding hydrogens is 506 g/mol. The molecule has 0 aliphatic heterocycles. The number of carbonyl (C=O) groups is 6. The molecule has 0 saturated carbocycles. The lowest BCUT2D eigenvalue weighted by atomic mass is 10.0. The van der Waals surface area contributed by atoms with Crippen LogP contribution in [0.5, 0.6) is 0 Å². The Morgan fingerprint density at radius 2 is 1.45 bits per heavy atom. The molecule has 3 amide bonds. The van der Waals surface area contributed by atoms with Crippen molar-refractivity contribution in [2.45, 2.75) is 49.9 Å². The summed E-state index contributed by atoms with van der Waals surface area (Å²) in [5, 5.41) is 43.8. The monoisotopic (exact) mass is 535 g/mol. The second-order valence-electron chi connectivity index (χ2n) is 8.40. The Morgan fingerprint density at radius 1 is 0.842 bits per heavy atom. The number of aliphatic carboxylic acids is 3. The number of benzene rings is 1. The SMILES string of the molecule is NC(Cc1c[nH]c2ccccc12)C(=O)NC(CO)C(=O)NC(CCC(=O)O)C(=O)NC(CC(=O)O)C(=O)O. The van der Waals surface area contributed by atoms with Crippen molar-refractivity contribution in [1.82, 2.24) is 20.9 Å². The van der Waals surface area contributed by atoms with Gasteiger partial charge >= 0.3 is 17.9 Å². The highest BCUT2D eigenvalue weighted by Crippen LogP contribution is 2.18. The zero-order valence-electron chi connectivity index (χ0n) is 20.0. The minimum Gasteiger partial charge on any atom is -0.481 e. The molecule has 0 spiro atoms. The molecule has 4 unspecified atom stereocenters. The van der Waals surface area contributed by atoms with E-state index in [0.29, 0.717) is 0 Å². The van der Waals surface area contributed by atoms with Gasteiger partial charge < -0.3 is 47.1 Å². The number of aromatic nitrogens is 1. The van der Waals surface area contributed by atoms with Crippen LogP contribution in [-0.4, -0.2) is 91.8 Å². The van der Waals surface area contributed by atoms with Gasteiger partial charge in [0.2, 0.25) is 17.7 Å². The van der Waals surface area contributed by atoms with Crippen molar-refractivity contribution in [1.29, 1.82) is 0 Å². The molecule has 0 bridgehead atoms. The van der Waals surface area contributed by atoms with Crippen LogP contribution in [0.2, 0.25) is 0 Å². The number of aliphatic hydroxyl groups excluding tert-OH is 1. The lowest BCUT2D eigenvalue weighted by Gasteiger charge is -2.24. The minimum absolute atomic E-state index is 0.0966. The number of carbonyl (C=O) groups excluding carboxylic acids is 3. The summed E-state index contributed by atoms with van der Waals surface area (Å²) in [6, 6.07) is 1.17. The second-order valence-corrected chi connectivity index (χ2v) is 8.40. The number of carboxylic acids is 3. The van der Waals surface area contributed by atoms with Crippen molar-refractivity contribution in [2.24, 2.45) is 5.73 Å². The molecule has 0 saturated heterocycles. The third-order valence-corrected chi connectivity index (χ3v) is 5.54. The lowest BCUT2D eigenvalue weighted by molar-refractivity contribution is -0.147. The van der Waals surface area contributed by atoms with E-state index < -0.39 is 85.7 Å². The quantitative estimate of drug-likeness (QED) is 0.119. The number of amides is 3. The van der Waals surface area contributed by atoms with Gasteiger partial charge in [-0.1, -0.05) is 18.2 Å². The van der Waals surface area contributed by atoms with Crippen LogP contribution in [0.1, 0.15) is 24.8 Å². The fourth-order valence-electron chi connectivity index (χ4n) is 3.56. The molecule has 15 heteroatoms. The van der Waals surface area contributed by atoms with Crippen LogP contribution in [0, 0.1) is 0 Å². The van der Waals surface area contributed by atoms with Crippen molar-refractivity contribution in [3.8, 4) is 0 Å². The van der Waals surface area contributed by atoms with Gasteiger partial charge in [-0.25, -0.2) is 4.79 Å². The summed E-state index contributed by atoms with van der Waals surface area (Å²) in [6.07, 6.45) is -0.280. The van der Waals surface area contributed by atoms with Gasteiger partial charge in [0.25, 0.3) is 0 Å². The van der Waals surface area contributed by atoms with E-state index in [1.54, 1.807) is 6.20 Å². The van der Waals surface area contributed by atoms with E-state index in [2.05, 4.69) is 15.6 Å². The largest absolute Gasteiger partial charge is 0.481 e. The standard InChI is InChI=1S/C23H29N5O10/c24-13(7-11-9-25-14-4-2-1-3-12(11)14)20(34)28-17(10-29)22(36)26-15(5-6-18(30)31)21(35)27-16(23(37)38)8-19(32)33/h1-4,9,13,15-17,25,29H,5-8,10,24H2,(H,26,36)(H,27,35)(H,28,34)(H,30,31)(H,32,33)(H,37,38). The first-order valence-electron chi connectivity index (χ1n) is 11.4. The van der Waals surface area contributed by atoms with Crippen LogP contribution in [0.25, 0.3) is 10.9 Å². The summed E-state index contributed by atoms with van der Waals surface area (Å²) in [4.78, 5) is 74.0. The summed E-state index contributed by atoms with van der Waals surface area (Å²) >= 11 is 0. The molecule has 0 aliphatic carbocycles. The van der Waals surface area contributed by atoms with Gasteiger partial charge in [-0.2, -0.15) is 0 Å². The van der Waals surface area contributed by atoms with Crippen molar-refractivity contribution in [3.63, 3.8) is 0 Å². The van der Waals surface area contributed by atoms with Crippen LogP contribution in [-0.2, 0) is 35.2 Å². The smallest absolute Gasteiger partial charge is 0.326 e. The number of hydrogen-bond acceptors (Lipinski definition) is 8. The molecule has 0 radical (unpaired) electrons. The van der Waals surface area contributed by atoms with Crippen LogP contribution in [0.15, 0.2) is 30.5 Å². The molecule has 2 rings (SSSR count). The highest BCUT2D eigenvalue weighted by molar-refractivity contribution is 5.95. The average molecular weight is 536 g/mol. The zero-order chi connectivity index (χ0) is 28.4. The number of fused-ring (bicyclic) bond motifs is 1. The minimum atomic E-state index is -1.85. The number of H-pyrrole nitrogens is 1. The van der Waals surface area contributed by atoms with Gasteiger partial charge in [-0.05, 0) is 24.5 Å². The molecule has 0 fully saturated rings. The topological polar surface area (TPSA) is 261 Å². The number of carboxylic acid groups (broad SMARTS) is 3. The molecule has 1 aromatic carbocycles.